The van der Waals surface area contributed by atoms with Crippen LogP contribution in [0.1, 0.15) is 12.5 Å². The average molecular weight is 346 g/mol. The SMILES string of the molecule is CCn1cc(CNc2ccn(-c3ccc(Br)cc3)n2)cn1. The number of benzene rings is 1. The van der Waals surface area contributed by atoms with Gasteiger partial charge in [0.05, 0.1) is 11.9 Å². The Kier molecular flexibility index (Phi) is 4.06. The molecule has 2 heterocycles. The molecule has 0 aliphatic rings. The summed E-state index contributed by atoms with van der Waals surface area (Å²) >= 11 is 3.43. The molecule has 3 aromatic rings. The van der Waals surface area contributed by atoms with Crippen LogP contribution in [0.2, 0.25) is 0 Å². The Bertz CT molecular complexity index is 714. The molecule has 0 radical (unpaired) electrons. The summed E-state index contributed by atoms with van der Waals surface area (Å²) in [5, 5.41) is 12.1. The van der Waals surface area contributed by atoms with Crippen LogP contribution in [0, 0.1) is 0 Å². The van der Waals surface area contributed by atoms with E-state index in [9.17, 15) is 0 Å². The molecule has 0 aliphatic carbocycles. The van der Waals surface area contributed by atoms with Gasteiger partial charge in [-0.05, 0) is 31.2 Å². The molecule has 1 N–H and O–H groups in total. The first kappa shape index (κ1) is 13.9. The molecule has 6 heteroatoms. The van der Waals surface area contributed by atoms with E-state index >= 15 is 0 Å². The van der Waals surface area contributed by atoms with Gasteiger partial charge in [0.25, 0.3) is 0 Å². The fourth-order valence-electron chi connectivity index (χ4n) is 2.02. The Hall–Kier alpha value is -2.08. The van der Waals surface area contributed by atoms with Crippen molar-refractivity contribution in [1.29, 1.82) is 0 Å². The number of hydrogen-bond donors (Lipinski definition) is 1. The van der Waals surface area contributed by atoms with E-state index < -0.39 is 0 Å². The van der Waals surface area contributed by atoms with Gasteiger partial charge in [0.1, 0.15) is 5.82 Å². The molecule has 2 aromatic heterocycles. The van der Waals surface area contributed by atoms with Crippen LogP contribution in [-0.2, 0) is 13.1 Å². The number of aromatic nitrogens is 4. The highest BCUT2D eigenvalue weighted by Gasteiger charge is 2.02. The largest absolute Gasteiger partial charge is 0.364 e. The molecule has 108 valence electrons. The summed E-state index contributed by atoms with van der Waals surface area (Å²) in [4.78, 5) is 0. The Balaban J connectivity index is 1.66. The highest BCUT2D eigenvalue weighted by molar-refractivity contribution is 9.10. The van der Waals surface area contributed by atoms with E-state index in [0.29, 0.717) is 0 Å². The maximum atomic E-state index is 4.52. The van der Waals surface area contributed by atoms with Crippen molar-refractivity contribution in [1.82, 2.24) is 19.6 Å². The third kappa shape index (κ3) is 3.33. The van der Waals surface area contributed by atoms with Gasteiger partial charge >= 0.3 is 0 Å². The molecule has 0 saturated carbocycles. The zero-order chi connectivity index (χ0) is 14.7. The molecule has 3 rings (SSSR count). The second kappa shape index (κ2) is 6.13. The minimum absolute atomic E-state index is 0.720. The van der Waals surface area contributed by atoms with Gasteiger partial charge in [-0.1, -0.05) is 15.9 Å². The van der Waals surface area contributed by atoms with Crippen molar-refractivity contribution in [3.63, 3.8) is 0 Å². The smallest absolute Gasteiger partial charge is 0.148 e. The van der Waals surface area contributed by atoms with E-state index in [2.05, 4.69) is 38.4 Å². The number of anilines is 1. The minimum atomic E-state index is 0.720. The summed E-state index contributed by atoms with van der Waals surface area (Å²) in [5.74, 6) is 0.849. The zero-order valence-corrected chi connectivity index (χ0v) is 13.3. The van der Waals surface area contributed by atoms with Crippen molar-refractivity contribution in [2.45, 2.75) is 20.0 Å². The lowest BCUT2D eigenvalue weighted by Gasteiger charge is -2.02. The van der Waals surface area contributed by atoms with Crippen LogP contribution in [0.5, 0.6) is 0 Å². The second-order valence-corrected chi connectivity index (χ2v) is 5.60. The standard InChI is InChI=1S/C15H16BrN5/c1-2-20-11-12(10-18-20)9-17-15-7-8-21(19-15)14-5-3-13(16)4-6-14/h3-8,10-11H,2,9H2,1H3,(H,17,19). The summed E-state index contributed by atoms with van der Waals surface area (Å²) in [7, 11) is 0. The van der Waals surface area contributed by atoms with Crippen molar-refractivity contribution < 1.29 is 0 Å². The van der Waals surface area contributed by atoms with Gasteiger partial charge in [0.2, 0.25) is 0 Å². The van der Waals surface area contributed by atoms with Crippen LogP contribution in [-0.4, -0.2) is 19.6 Å². The summed E-state index contributed by atoms with van der Waals surface area (Å²) in [6.07, 6.45) is 5.86. The van der Waals surface area contributed by atoms with Gasteiger partial charge in [-0.15, -0.1) is 0 Å². The van der Waals surface area contributed by atoms with Crippen LogP contribution in [0.3, 0.4) is 0 Å². The summed E-state index contributed by atoms with van der Waals surface area (Å²) < 4.78 is 4.83. The quantitative estimate of drug-likeness (QED) is 0.770. The van der Waals surface area contributed by atoms with E-state index in [-0.39, 0.29) is 0 Å². The highest BCUT2D eigenvalue weighted by Crippen LogP contribution is 2.15. The lowest BCUT2D eigenvalue weighted by atomic mass is 10.3. The third-order valence-electron chi connectivity index (χ3n) is 3.16. The van der Waals surface area contributed by atoms with Crippen molar-refractivity contribution >= 4 is 21.7 Å². The van der Waals surface area contributed by atoms with E-state index in [1.807, 2.05) is 58.3 Å². The van der Waals surface area contributed by atoms with Crippen molar-refractivity contribution in [3.8, 4) is 5.69 Å². The zero-order valence-electron chi connectivity index (χ0n) is 11.7. The van der Waals surface area contributed by atoms with Gasteiger partial charge in [0, 0.05) is 41.6 Å². The van der Waals surface area contributed by atoms with Crippen LogP contribution in [0.15, 0.2) is 53.4 Å². The lowest BCUT2D eigenvalue weighted by molar-refractivity contribution is 0.659. The molecule has 1 aromatic carbocycles. The Labute approximate surface area is 131 Å². The Morgan fingerprint density at radius 3 is 2.71 bits per heavy atom. The Morgan fingerprint density at radius 1 is 1.19 bits per heavy atom. The first-order valence-corrected chi connectivity index (χ1v) is 7.60. The van der Waals surface area contributed by atoms with Crippen molar-refractivity contribution in [2.75, 3.05) is 5.32 Å². The maximum absolute atomic E-state index is 4.52. The second-order valence-electron chi connectivity index (χ2n) is 4.68. The summed E-state index contributed by atoms with van der Waals surface area (Å²) in [6.45, 7) is 3.68. The normalized spacial score (nSPS) is 10.8. The first-order chi connectivity index (χ1) is 10.2. The minimum Gasteiger partial charge on any atom is -0.364 e. The maximum Gasteiger partial charge on any atom is 0.148 e. The number of aryl methyl sites for hydroxylation is 1. The van der Waals surface area contributed by atoms with Crippen molar-refractivity contribution in [3.05, 3.63) is 59.0 Å². The number of nitrogens with zero attached hydrogens (tertiary/aromatic N) is 4. The van der Waals surface area contributed by atoms with Crippen LogP contribution >= 0.6 is 15.9 Å². The van der Waals surface area contributed by atoms with Gasteiger partial charge < -0.3 is 5.32 Å². The van der Waals surface area contributed by atoms with Gasteiger partial charge in [-0.25, -0.2) is 4.68 Å². The van der Waals surface area contributed by atoms with Gasteiger partial charge in [-0.3, -0.25) is 4.68 Å². The fourth-order valence-corrected chi connectivity index (χ4v) is 2.28. The van der Waals surface area contributed by atoms with Crippen molar-refractivity contribution in [2.24, 2.45) is 0 Å². The molecule has 21 heavy (non-hydrogen) atoms. The molecule has 0 atom stereocenters. The van der Waals surface area contributed by atoms with Crippen LogP contribution in [0.4, 0.5) is 5.82 Å². The molecule has 5 nitrogen and oxygen atoms in total. The predicted molar refractivity (Wildman–Crippen MR) is 86.5 cm³/mol. The summed E-state index contributed by atoms with van der Waals surface area (Å²) in [6, 6.07) is 10.0. The lowest BCUT2D eigenvalue weighted by Crippen LogP contribution is -2.01. The molecular formula is C15H16BrN5. The summed E-state index contributed by atoms with van der Waals surface area (Å²) in [5.41, 5.74) is 2.18. The van der Waals surface area contributed by atoms with E-state index in [4.69, 9.17) is 0 Å². The number of nitrogens with one attached hydrogen (secondary N) is 1. The van der Waals surface area contributed by atoms with E-state index in [1.165, 1.54) is 0 Å². The first-order valence-electron chi connectivity index (χ1n) is 6.81. The predicted octanol–water partition coefficient (Wildman–Crippen LogP) is 3.46. The molecule has 0 amide bonds. The van der Waals surface area contributed by atoms with Gasteiger partial charge in [0.15, 0.2) is 0 Å². The van der Waals surface area contributed by atoms with Crippen LogP contribution < -0.4 is 5.32 Å². The monoisotopic (exact) mass is 345 g/mol. The molecule has 0 unspecified atom stereocenters. The van der Waals surface area contributed by atoms with E-state index in [0.717, 1.165) is 34.6 Å². The van der Waals surface area contributed by atoms with Gasteiger partial charge in [-0.2, -0.15) is 10.2 Å². The number of halogens is 1. The molecule has 0 bridgehead atoms. The topological polar surface area (TPSA) is 47.7 Å². The molecule has 0 spiro atoms. The highest BCUT2D eigenvalue weighted by atomic mass is 79.9. The van der Waals surface area contributed by atoms with E-state index in [1.54, 1.807) is 0 Å². The molecular weight excluding hydrogens is 330 g/mol. The number of hydrogen-bond acceptors (Lipinski definition) is 3. The van der Waals surface area contributed by atoms with Crippen LogP contribution in [0.25, 0.3) is 5.69 Å². The number of rotatable bonds is 5. The Morgan fingerprint density at radius 2 is 2.00 bits per heavy atom. The third-order valence-corrected chi connectivity index (χ3v) is 3.69. The molecule has 0 saturated heterocycles. The molecule has 0 fully saturated rings. The molecule has 0 aliphatic heterocycles. The average Bonchev–Trinajstić information content (AvgIpc) is 3.15. The fraction of sp³-hybridized carbons (Fsp3) is 0.200.